The number of hydrogen-bond acceptors (Lipinski definition) is 6. The maximum Gasteiger partial charge on any atom is 0.251 e. The zero-order chi connectivity index (χ0) is 24.6. The van der Waals surface area contributed by atoms with E-state index in [4.69, 9.17) is 18.9 Å². The van der Waals surface area contributed by atoms with Gasteiger partial charge < -0.3 is 29.2 Å². The van der Waals surface area contributed by atoms with Gasteiger partial charge in [0, 0.05) is 30.4 Å². The molecule has 0 aliphatic carbocycles. The predicted molar refractivity (Wildman–Crippen MR) is 136 cm³/mol. The van der Waals surface area contributed by atoms with Gasteiger partial charge in [0.05, 0.1) is 21.3 Å². The normalized spacial score (nSPS) is 13.7. The van der Waals surface area contributed by atoms with Crippen molar-refractivity contribution in [3.05, 3.63) is 77.9 Å². The van der Waals surface area contributed by atoms with Crippen molar-refractivity contribution < 1.29 is 23.7 Å². The lowest BCUT2D eigenvalue weighted by molar-refractivity contribution is 0.0930. The number of carbonyl (C=O) groups is 1. The van der Waals surface area contributed by atoms with Gasteiger partial charge in [-0.3, -0.25) is 4.79 Å². The monoisotopic (exact) mass is 476 g/mol. The molecular formula is C28H32N2O5. The maximum absolute atomic E-state index is 13.1. The van der Waals surface area contributed by atoms with Crippen LogP contribution in [0.4, 0.5) is 5.69 Å². The van der Waals surface area contributed by atoms with Crippen molar-refractivity contribution in [2.45, 2.75) is 25.5 Å². The number of anilines is 1. The highest BCUT2D eigenvalue weighted by Crippen LogP contribution is 2.39. The van der Waals surface area contributed by atoms with Crippen molar-refractivity contribution in [3.8, 4) is 23.0 Å². The molecule has 1 fully saturated rings. The summed E-state index contributed by atoms with van der Waals surface area (Å²) in [6, 6.07) is 21.4. The fraction of sp³-hybridized carbons (Fsp3) is 0.321. The summed E-state index contributed by atoms with van der Waals surface area (Å²) in [7, 11) is 4.78. The fourth-order valence-electron chi connectivity index (χ4n) is 4.23. The van der Waals surface area contributed by atoms with Crippen molar-refractivity contribution in [2.75, 3.05) is 39.3 Å². The van der Waals surface area contributed by atoms with Gasteiger partial charge in [-0.15, -0.1) is 0 Å². The number of amides is 1. The zero-order valence-corrected chi connectivity index (χ0v) is 20.5. The third-order valence-corrected chi connectivity index (χ3v) is 6.22. The molecule has 0 bridgehead atoms. The van der Waals surface area contributed by atoms with Crippen LogP contribution in [0.1, 0.15) is 28.8 Å². The Morgan fingerprint density at radius 1 is 0.886 bits per heavy atom. The molecule has 0 saturated carbocycles. The van der Waals surface area contributed by atoms with E-state index in [0.29, 0.717) is 29.4 Å². The SMILES string of the molecule is COc1ccc(N2CCC(NC(=O)c3cc(OC)c(OCc4ccccc4)c(OC)c3)CC2)cc1. The molecule has 4 rings (SSSR count). The first-order chi connectivity index (χ1) is 17.1. The van der Waals surface area contributed by atoms with Gasteiger partial charge in [0.15, 0.2) is 11.5 Å². The van der Waals surface area contributed by atoms with Crippen LogP contribution >= 0.6 is 0 Å². The fourth-order valence-corrected chi connectivity index (χ4v) is 4.23. The molecule has 1 heterocycles. The smallest absolute Gasteiger partial charge is 0.251 e. The van der Waals surface area contributed by atoms with Crippen molar-refractivity contribution >= 4 is 11.6 Å². The molecule has 0 aromatic heterocycles. The Labute approximate surface area is 206 Å². The average Bonchev–Trinajstić information content (AvgIpc) is 2.92. The van der Waals surface area contributed by atoms with E-state index in [1.54, 1.807) is 33.5 Å². The Kier molecular flexibility index (Phi) is 7.98. The van der Waals surface area contributed by atoms with E-state index in [-0.39, 0.29) is 11.9 Å². The van der Waals surface area contributed by atoms with Crippen LogP contribution in [0.5, 0.6) is 23.0 Å². The first-order valence-electron chi connectivity index (χ1n) is 11.7. The van der Waals surface area contributed by atoms with Crippen LogP contribution in [-0.4, -0.2) is 46.4 Å². The van der Waals surface area contributed by atoms with Gasteiger partial charge in [-0.25, -0.2) is 0 Å². The lowest BCUT2D eigenvalue weighted by atomic mass is 10.0. The molecule has 0 spiro atoms. The summed E-state index contributed by atoms with van der Waals surface area (Å²) in [5, 5.41) is 3.17. The van der Waals surface area contributed by atoms with E-state index in [9.17, 15) is 4.79 Å². The Balaban J connectivity index is 1.39. The third-order valence-electron chi connectivity index (χ3n) is 6.22. The number of methoxy groups -OCH3 is 3. The molecule has 3 aromatic rings. The molecular weight excluding hydrogens is 444 g/mol. The second-order valence-electron chi connectivity index (χ2n) is 8.42. The molecule has 3 aromatic carbocycles. The van der Waals surface area contributed by atoms with Crippen molar-refractivity contribution in [3.63, 3.8) is 0 Å². The topological polar surface area (TPSA) is 69.3 Å². The lowest BCUT2D eigenvalue weighted by Crippen LogP contribution is -2.44. The van der Waals surface area contributed by atoms with Gasteiger partial charge >= 0.3 is 0 Å². The highest BCUT2D eigenvalue weighted by molar-refractivity contribution is 5.95. The number of benzene rings is 3. The number of rotatable bonds is 9. The van der Waals surface area contributed by atoms with Crippen LogP contribution in [-0.2, 0) is 6.61 Å². The minimum Gasteiger partial charge on any atom is -0.497 e. The Morgan fingerprint density at radius 2 is 1.51 bits per heavy atom. The first kappa shape index (κ1) is 24.3. The molecule has 184 valence electrons. The molecule has 0 atom stereocenters. The number of hydrogen-bond donors (Lipinski definition) is 1. The van der Waals surface area contributed by atoms with Gasteiger partial charge in [0.2, 0.25) is 5.75 Å². The summed E-state index contributed by atoms with van der Waals surface area (Å²) in [5.41, 5.74) is 2.67. The van der Waals surface area contributed by atoms with Crippen LogP contribution in [0.3, 0.4) is 0 Å². The highest BCUT2D eigenvalue weighted by atomic mass is 16.5. The van der Waals surface area contributed by atoms with Crippen LogP contribution in [0.15, 0.2) is 66.7 Å². The Hall–Kier alpha value is -3.87. The predicted octanol–water partition coefficient (Wildman–Crippen LogP) is 4.69. The van der Waals surface area contributed by atoms with Crippen LogP contribution in [0.2, 0.25) is 0 Å². The van der Waals surface area contributed by atoms with Crippen molar-refractivity contribution in [1.29, 1.82) is 0 Å². The minimum atomic E-state index is -0.154. The second kappa shape index (κ2) is 11.5. The second-order valence-corrected chi connectivity index (χ2v) is 8.42. The number of ether oxygens (including phenoxy) is 4. The molecule has 1 amide bonds. The number of nitrogens with one attached hydrogen (secondary N) is 1. The number of nitrogens with zero attached hydrogens (tertiary/aromatic N) is 1. The Bertz CT molecular complexity index is 1080. The molecule has 1 saturated heterocycles. The summed E-state index contributed by atoms with van der Waals surface area (Å²) in [6.07, 6.45) is 1.73. The summed E-state index contributed by atoms with van der Waals surface area (Å²) >= 11 is 0. The van der Waals surface area contributed by atoms with E-state index >= 15 is 0 Å². The molecule has 7 nitrogen and oxygen atoms in total. The average molecular weight is 477 g/mol. The van der Waals surface area contributed by atoms with E-state index in [2.05, 4.69) is 22.3 Å². The van der Waals surface area contributed by atoms with E-state index in [0.717, 1.165) is 42.9 Å². The van der Waals surface area contributed by atoms with Gasteiger partial charge in [0.1, 0.15) is 12.4 Å². The lowest BCUT2D eigenvalue weighted by Gasteiger charge is -2.34. The largest absolute Gasteiger partial charge is 0.497 e. The first-order valence-corrected chi connectivity index (χ1v) is 11.7. The zero-order valence-electron chi connectivity index (χ0n) is 20.5. The molecule has 1 aliphatic heterocycles. The molecule has 35 heavy (non-hydrogen) atoms. The molecule has 1 aliphatic rings. The van der Waals surface area contributed by atoms with Crippen LogP contribution < -0.4 is 29.2 Å². The van der Waals surface area contributed by atoms with E-state index in [1.165, 1.54) is 0 Å². The summed E-state index contributed by atoms with van der Waals surface area (Å²) in [4.78, 5) is 15.4. The van der Waals surface area contributed by atoms with E-state index < -0.39 is 0 Å². The molecule has 7 heteroatoms. The van der Waals surface area contributed by atoms with Gasteiger partial charge in [-0.2, -0.15) is 0 Å². The van der Waals surface area contributed by atoms with Crippen LogP contribution in [0, 0.1) is 0 Å². The molecule has 1 N–H and O–H groups in total. The Morgan fingerprint density at radius 3 is 2.09 bits per heavy atom. The quantitative estimate of drug-likeness (QED) is 0.483. The standard InChI is InChI=1S/C28H32N2O5/c1-32-24-11-9-23(10-12-24)30-15-13-22(14-16-30)29-28(31)21-17-25(33-2)27(26(18-21)34-3)35-19-20-7-5-4-6-8-20/h4-12,17-18,22H,13-16,19H2,1-3H3,(H,29,31). The van der Waals surface area contributed by atoms with Crippen molar-refractivity contribution in [1.82, 2.24) is 5.32 Å². The molecule has 0 radical (unpaired) electrons. The van der Waals surface area contributed by atoms with Gasteiger partial charge in [0.25, 0.3) is 5.91 Å². The molecule has 0 unspecified atom stereocenters. The summed E-state index contributed by atoms with van der Waals surface area (Å²) in [6.45, 7) is 2.11. The van der Waals surface area contributed by atoms with Gasteiger partial charge in [-0.05, 0) is 54.8 Å². The van der Waals surface area contributed by atoms with E-state index in [1.807, 2.05) is 42.5 Å². The minimum absolute atomic E-state index is 0.1000. The highest BCUT2D eigenvalue weighted by Gasteiger charge is 2.23. The van der Waals surface area contributed by atoms with Crippen LogP contribution in [0.25, 0.3) is 0 Å². The summed E-state index contributed by atoms with van der Waals surface area (Å²) in [5.74, 6) is 2.08. The number of carbonyl (C=O) groups excluding carboxylic acids is 1. The third kappa shape index (κ3) is 5.98. The maximum atomic E-state index is 13.1. The van der Waals surface area contributed by atoms with Gasteiger partial charge in [-0.1, -0.05) is 30.3 Å². The summed E-state index contributed by atoms with van der Waals surface area (Å²) < 4.78 is 22.3. The number of piperidine rings is 1. The van der Waals surface area contributed by atoms with Crippen molar-refractivity contribution in [2.24, 2.45) is 0 Å².